The van der Waals surface area contributed by atoms with E-state index in [0.29, 0.717) is 18.9 Å². The van der Waals surface area contributed by atoms with Crippen LogP contribution in [0.4, 0.5) is 0 Å². The van der Waals surface area contributed by atoms with E-state index in [0.717, 1.165) is 31.5 Å². The van der Waals surface area contributed by atoms with Crippen molar-refractivity contribution in [3.8, 4) is 0 Å². The van der Waals surface area contributed by atoms with E-state index >= 15 is 0 Å². The quantitative estimate of drug-likeness (QED) is 0.712. The minimum absolute atomic E-state index is 0.0474. The Hall–Kier alpha value is -1.88. The summed E-state index contributed by atoms with van der Waals surface area (Å²) in [5.74, 6) is 0.250. The summed E-state index contributed by atoms with van der Waals surface area (Å²) in [7, 11) is 0. The smallest absolute Gasteiger partial charge is 0.239 e. The van der Waals surface area contributed by atoms with Gasteiger partial charge >= 0.3 is 0 Å². The largest absolute Gasteiger partial charge is 0.354 e. The third-order valence-corrected chi connectivity index (χ3v) is 3.64. The Morgan fingerprint density at radius 3 is 2.67 bits per heavy atom. The first-order valence-electron chi connectivity index (χ1n) is 7.52. The van der Waals surface area contributed by atoms with E-state index in [1.807, 2.05) is 30.3 Å². The van der Waals surface area contributed by atoms with E-state index in [-0.39, 0.29) is 18.4 Å². The molecule has 1 aromatic carbocycles. The molecule has 114 valence electrons. The maximum atomic E-state index is 11.7. The average Bonchev–Trinajstić information content (AvgIpc) is 2.53. The van der Waals surface area contributed by atoms with Gasteiger partial charge in [-0.15, -0.1) is 0 Å². The molecule has 1 saturated heterocycles. The van der Waals surface area contributed by atoms with Gasteiger partial charge in [0.1, 0.15) is 0 Å². The van der Waals surface area contributed by atoms with Crippen LogP contribution in [0.3, 0.4) is 0 Å². The Bertz CT molecular complexity index is 456. The summed E-state index contributed by atoms with van der Waals surface area (Å²) in [5, 5.41) is 8.85. The van der Waals surface area contributed by atoms with Crippen molar-refractivity contribution >= 4 is 11.8 Å². The number of hydrogen-bond acceptors (Lipinski definition) is 3. The Labute approximate surface area is 125 Å². The van der Waals surface area contributed by atoms with Gasteiger partial charge in [-0.05, 0) is 37.4 Å². The number of rotatable bonds is 6. The van der Waals surface area contributed by atoms with Gasteiger partial charge < -0.3 is 16.0 Å². The minimum Gasteiger partial charge on any atom is -0.354 e. The fourth-order valence-corrected chi connectivity index (χ4v) is 2.44. The maximum absolute atomic E-state index is 11.7. The fourth-order valence-electron chi connectivity index (χ4n) is 2.44. The molecule has 0 aliphatic carbocycles. The number of nitrogens with one attached hydrogen (secondary N) is 3. The van der Waals surface area contributed by atoms with E-state index < -0.39 is 0 Å². The van der Waals surface area contributed by atoms with Crippen molar-refractivity contribution in [1.29, 1.82) is 0 Å². The lowest BCUT2D eigenvalue weighted by Gasteiger charge is -2.22. The van der Waals surface area contributed by atoms with Gasteiger partial charge in [-0.1, -0.05) is 30.3 Å². The lowest BCUT2D eigenvalue weighted by molar-refractivity contribution is -0.125. The number of hydrogen-bond donors (Lipinski definition) is 3. The molecule has 5 nitrogen and oxygen atoms in total. The molecule has 0 spiro atoms. The highest BCUT2D eigenvalue weighted by Gasteiger charge is 2.14. The highest BCUT2D eigenvalue weighted by atomic mass is 16.2. The molecule has 0 radical (unpaired) electrons. The van der Waals surface area contributed by atoms with Crippen molar-refractivity contribution in [3.63, 3.8) is 0 Å². The molecule has 1 heterocycles. The zero-order valence-electron chi connectivity index (χ0n) is 12.2. The maximum Gasteiger partial charge on any atom is 0.239 e. The van der Waals surface area contributed by atoms with E-state index in [4.69, 9.17) is 0 Å². The first-order chi connectivity index (χ1) is 10.2. The van der Waals surface area contributed by atoms with Crippen molar-refractivity contribution in [1.82, 2.24) is 16.0 Å². The van der Waals surface area contributed by atoms with E-state index in [2.05, 4.69) is 16.0 Å². The number of amides is 2. The van der Waals surface area contributed by atoms with Gasteiger partial charge in [0.05, 0.1) is 13.0 Å². The molecular formula is C16H23N3O2. The molecule has 1 aliphatic rings. The standard InChI is InChI=1S/C16H23N3O2/c20-15(9-13-5-2-1-3-6-13)19-12-16(21)18-11-14-7-4-8-17-10-14/h1-3,5-6,14,17H,4,7-12H2,(H,18,21)(H,19,20). The third-order valence-electron chi connectivity index (χ3n) is 3.64. The molecule has 5 heteroatoms. The summed E-state index contributed by atoms with van der Waals surface area (Å²) < 4.78 is 0. The van der Waals surface area contributed by atoms with Crippen molar-refractivity contribution < 1.29 is 9.59 Å². The van der Waals surface area contributed by atoms with Crippen LogP contribution in [-0.2, 0) is 16.0 Å². The van der Waals surface area contributed by atoms with Crippen LogP contribution >= 0.6 is 0 Å². The number of carbonyl (C=O) groups is 2. The molecule has 1 fully saturated rings. The third kappa shape index (κ3) is 5.95. The summed E-state index contributed by atoms with van der Waals surface area (Å²) in [6, 6.07) is 9.50. The van der Waals surface area contributed by atoms with E-state index in [1.54, 1.807) is 0 Å². The van der Waals surface area contributed by atoms with Gasteiger partial charge in [-0.25, -0.2) is 0 Å². The summed E-state index contributed by atoms with van der Waals surface area (Å²) in [6.07, 6.45) is 2.61. The molecule has 1 atom stereocenters. The lowest BCUT2D eigenvalue weighted by atomic mass is 10.00. The highest BCUT2D eigenvalue weighted by Crippen LogP contribution is 2.07. The van der Waals surface area contributed by atoms with Gasteiger partial charge in [-0.2, -0.15) is 0 Å². The van der Waals surface area contributed by atoms with Crippen molar-refractivity contribution in [2.45, 2.75) is 19.3 Å². The summed E-state index contributed by atoms with van der Waals surface area (Å²) in [5.41, 5.74) is 0.948. The molecule has 0 bridgehead atoms. The molecule has 0 aromatic heterocycles. The zero-order chi connectivity index (χ0) is 14.9. The highest BCUT2D eigenvalue weighted by molar-refractivity contribution is 5.85. The minimum atomic E-state index is -0.129. The summed E-state index contributed by atoms with van der Waals surface area (Å²) in [6.45, 7) is 2.76. The van der Waals surface area contributed by atoms with E-state index in [1.165, 1.54) is 0 Å². The van der Waals surface area contributed by atoms with E-state index in [9.17, 15) is 9.59 Å². The topological polar surface area (TPSA) is 70.2 Å². The van der Waals surface area contributed by atoms with Gasteiger partial charge in [0.25, 0.3) is 0 Å². The van der Waals surface area contributed by atoms with Gasteiger partial charge in [0.15, 0.2) is 0 Å². The molecule has 1 aromatic rings. The monoisotopic (exact) mass is 289 g/mol. The van der Waals surface area contributed by atoms with Crippen molar-refractivity contribution in [2.24, 2.45) is 5.92 Å². The first-order valence-corrected chi connectivity index (χ1v) is 7.52. The molecule has 3 N–H and O–H groups in total. The van der Waals surface area contributed by atoms with Gasteiger partial charge in [0, 0.05) is 6.54 Å². The normalized spacial score (nSPS) is 18.0. The zero-order valence-corrected chi connectivity index (χ0v) is 12.2. The second kappa shape index (κ2) is 8.42. The van der Waals surface area contributed by atoms with Crippen LogP contribution < -0.4 is 16.0 Å². The van der Waals surface area contributed by atoms with Crippen molar-refractivity contribution in [2.75, 3.05) is 26.2 Å². The first kappa shape index (κ1) is 15.5. The van der Waals surface area contributed by atoms with Crippen LogP contribution in [0.25, 0.3) is 0 Å². The molecule has 21 heavy (non-hydrogen) atoms. The summed E-state index contributed by atoms with van der Waals surface area (Å²) >= 11 is 0. The van der Waals surface area contributed by atoms with Crippen LogP contribution in [0.2, 0.25) is 0 Å². The number of carbonyl (C=O) groups excluding carboxylic acids is 2. The van der Waals surface area contributed by atoms with Crippen molar-refractivity contribution in [3.05, 3.63) is 35.9 Å². The molecule has 1 aliphatic heterocycles. The predicted octanol–water partition coefficient (Wildman–Crippen LogP) is 0.461. The number of piperidine rings is 1. The molecule has 2 amide bonds. The van der Waals surface area contributed by atoms with Crippen LogP contribution in [0.5, 0.6) is 0 Å². The van der Waals surface area contributed by atoms with Crippen LogP contribution in [0.15, 0.2) is 30.3 Å². The number of benzene rings is 1. The lowest BCUT2D eigenvalue weighted by Crippen LogP contribution is -2.42. The average molecular weight is 289 g/mol. The predicted molar refractivity (Wildman–Crippen MR) is 81.8 cm³/mol. The second-order valence-electron chi connectivity index (χ2n) is 5.46. The Morgan fingerprint density at radius 1 is 1.14 bits per heavy atom. The Morgan fingerprint density at radius 2 is 1.95 bits per heavy atom. The van der Waals surface area contributed by atoms with Gasteiger partial charge in [0.2, 0.25) is 11.8 Å². The second-order valence-corrected chi connectivity index (χ2v) is 5.46. The van der Waals surface area contributed by atoms with Gasteiger partial charge in [-0.3, -0.25) is 9.59 Å². The Balaban J connectivity index is 1.60. The Kier molecular flexibility index (Phi) is 6.22. The summed E-state index contributed by atoms with van der Waals surface area (Å²) in [4.78, 5) is 23.4. The molecular weight excluding hydrogens is 266 g/mol. The van der Waals surface area contributed by atoms with Crippen LogP contribution in [-0.4, -0.2) is 38.0 Å². The molecule has 0 saturated carbocycles. The van der Waals surface area contributed by atoms with Crippen LogP contribution in [0, 0.1) is 5.92 Å². The SMILES string of the molecule is O=C(CNC(=O)Cc1ccccc1)NCC1CCCNC1. The molecule has 2 rings (SSSR count). The molecule has 1 unspecified atom stereocenters. The fraction of sp³-hybridized carbons (Fsp3) is 0.500. The van der Waals surface area contributed by atoms with Crippen LogP contribution in [0.1, 0.15) is 18.4 Å².